The highest BCUT2D eigenvalue weighted by Crippen LogP contribution is 2.23. The molecule has 3 aromatic rings. The van der Waals surface area contributed by atoms with Crippen molar-refractivity contribution in [1.82, 2.24) is 0 Å². The van der Waals surface area contributed by atoms with Crippen LogP contribution in [0.2, 0.25) is 0 Å². The van der Waals surface area contributed by atoms with E-state index in [1.807, 2.05) is 74.5 Å². The van der Waals surface area contributed by atoms with E-state index in [0.717, 1.165) is 33.3 Å². The van der Waals surface area contributed by atoms with Crippen LogP contribution in [0.15, 0.2) is 60.7 Å². The van der Waals surface area contributed by atoms with E-state index in [2.05, 4.69) is 5.32 Å². The van der Waals surface area contributed by atoms with Crippen molar-refractivity contribution in [2.75, 3.05) is 11.9 Å². The maximum absolute atomic E-state index is 12.2. The van der Waals surface area contributed by atoms with Gasteiger partial charge in [0.05, 0.1) is 0 Å². The van der Waals surface area contributed by atoms with Gasteiger partial charge in [-0.1, -0.05) is 48.5 Å². The second-order valence-electron chi connectivity index (χ2n) is 5.56. The van der Waals surface area contributed by atoms with Crippen molar-refractivity contribution in [2.24, 2.45) is 0 Å². The molecule has 0 unspecified atom stereocenters. The van der Waals surface area contributed by atoms with E-state index in [0.29, 0.717) is 0 Å². The second-order valence-corrected chi connectivity index (χ2v) is 5.56. The zero-order valence-corrected chi connectivity index (χ0v) is 13.3. The van der Waals surface area contributed by atoms with E-state index in [4.69, 9.17) is 4.74 Å². The van der Waals surface area contributed by atoms with Gasteiger partial charge >= 0.3 is 0 Å². The number of fused-ring (bicyclic) bond motifs is 1. The van der Waals surface area contributed by atoms with Gasteiger partial charge < -0.3 is 10.1 Å². The fraction of sp³-hybridized carbons (Fsp3) is 0.150. The number of nitrogens with one attached hydrogen (secondary N) is 1. The summed E-state index contributed by atoms with van der Waals surface area (Å²) in [7, 11) is 0. The highest BCUT2D eigenvalue weighted by atomic mass is 16.5. The zero-order chi connectivity index (χ0) is 16.2. The van der Waals surface area contributed by atoms with Crippen LogP contribution in [-0.2, 0) is 4.79 Å². The minimum Gasteiger partial charge on any atom is -0.483 e. The first-order chi connectivity index (χ1) is 11.1. The third-order valence-corrected chi connectivity index (χ3v) is 3.98. The Hall–Kier alpha value is -2.81. The molecule has 0 atom stereocenters. The number of rotatable bonds is 4. The summed E-state index contributed by atoms with van der Waals surface area (Å²) in [6.45, 7) is 4.01. The number of ether oxygens (including phenoxy) is 1. The molecule has 0 saturated carbocycles. The van der Waals surface area contributed by atoms with E-state index in [9.17, 15) is 4.79 Å². The number of hydrogen-bond acceptors (Lipinski definition) is 2. The summed E-state index contributed by atoms with van der Waals surface area (Å²) in [6.07, 6.45) is 0. The Bertz CT molecular complexity index is 850. The summed E-state index contributed by atoms with van der Waals surface area (Å²) in [5.41, 5.74) is 3.01. The monoisotopic (exact) mass is 305 g/mol. The molecule has 0 saturated heterocycles. The molecule has 0 heterocycles. The van der Waals surface area contributed by atoms with E-state index in [1.165, 1.54) is 0 Å². The normalized spacial score (nSPS) is 10.5. The largest absolute Gasteiger partial charge is 0.483 e. The van der Waals surface area contributed by atoms with Crippen LogP contribution < -0.4 is 10.1 Å². The summed E-state index contributed by atoms with van der Waals surface area (Å²) in [4.78, 5) is 12.2. The molecule has 0 spiro atoms. The molecular formula is C20H19NO2. The predicted octanol–water partition coefficient (Wildman–Crippen LogP) is 4.47. The molecule has 0 radical (unpaired) electrons. The van der Waals surface area contributed by atoms with Gasteiger partial charge in [0.1, 0.15) is 5.75 Å². The Morgan fingerprint density at radius 2 is 1.70 bits per heavy atom. The zero-order valence-electron chi connectivity index (χ0n) is 13.3. The minimum atomic E-state index is -0.165. The van der Waals surface area contributed by atoms with E-state index in [1.54, 1.807) is 0 Å². The van der Waals surface area contributed by atoms with Gasteiger partial charge in [-0.15, -0.1) is 0 Å². The summed E-state index contributed by atoms with van der Waals surface area (Å²) < 4.78 is 5.65. The quantitative estimate of drug-likeness (QED) is 0.772. The van der Waals surface area contributed by atoms with Gasteiger partial charge in [0.25, 0.3) is 5.91 Å². The molecule has 3 rings (SSSR count). The number of anilines is 1. The maximum Gasteiger partial charge on any atom is 0.262 e. The predicted molar refractivity (Wildman–Crippen MR) is 94.0 cm³/mol. The van der Waals surface area contributed by atoms with Gasteiger partial charge in [-0.25, -0.2) is 0 Å². The van der Waals surface area contributed by atoms with Crippen LogP contribution in [-0.4, -0.2) is 12.5 Å². The lowest BCUT2D eigenvalue weighted by molar-refractivity contribution is -0.118. The van der Waals surface area contributed by atoms with Crippen LogP contribution in [0, 0.1) is 13.8 Å². The molecule has 0 aliphatic heterocycles. The van der Waals surface area contributed by atoms with E-state index < -0.39 is 0 Å². The molecule has 3 nitrogen and oxygen atoms in total. The Labute approximate surface area is 135 Å². The van der Waals surface area contributed by atoms with Crippen LogP contribution in [0.3, 0.4) is 0 Å². The fourth-order valence-electron chi connectivity index (χ4n) is 2.54. The van der Waals surface area contributed by atoms with E-state index >= 15 is 0 Å². The third kappa shape index (κ3) is 3.34. The summed E-state index contributed by atoms with van der Waals surface area (Å²) in [5, 5.41) is 5.05. The summed E-state index contributed by atoms with van der Waals surface area (Å²) >= 11 is 0. The molecule has 0 aromatic heterocycles. The molecule has 3 heteroatoms. The molecule has 1 amide bonds. The Balaban J connectivity index is 1.71. The molecule has 23 heavy (non-hydrogen) atoms. The van der Waals surface area contributed by atoms with Crippen molar-refractivity contribution in [3.8, 4) is 5.75 Å². The van der Waals surface area contributed by atoms with Crippen molar-refractivity contribution in [1.29, 1.82) is 0 Å². The molecule has 3 aromatic carbocycles. The Kier molecular flexibility index (Phi) is 4.29. The average molecular weight is 305 g/mol. The van der Waals surface area contributed by atoms with Crippen LogP contribution in [0.4, 0.5) is 5.69 Å². The molecule has 0 fully saturated rings. The van der Waals surface area contributed by atoms with Gasteiger partial charge in [0.15, 0.2) is 6.61 Å². The van der Waals surface area contributed by atoms with Gasteiger partial charge in [0.2, 0.25) is 0 Å². The second kappa shape index (κ2) is 6.53. The summed E-state index contributed by atoms with van der Waals surface area (Å²) in [5.74, 6) is 0.584. The summed E-state index contributed by atoms with van der Waals surface area (Å²) in [6, 6.07) is 19.7. The minimum absolute atomic E-state index is 0.00643. The van der Waals surface area contributed by atoms with Gasteiger partial charge in [0, 0.05) is 11.1 Å². The average Bonchev–Trinajstić information content (AvgIpc) is 2.56. The van der Waals surface area contributed by atoms with Crippen LogP contribution in [0.25, 0.3) is 10.8 Å². The molecule has 116 valence electrons. The number of carbonyl (C=O) groups is 1. The Morgan fingerprint density at radius 1 is 0.957 bits per heavy atom. The maximum atomic E-state index is 12.2. The Morgan fingerprint density at radius 3 is 2.57 bits per heavy atom. The van der Waals surface area contributed by atoms with Crippen molar-refractivity contribution in [3.05, 3.63) is 71.8 Å². The molecule has 0 aliphatic rings. The fourth-order valence-corrected chi connectivity index (χ4v) is 2.54. The highest BCUT2D eigenvalue weighted by molar-refractivity contribution is 6.02. The van der Waals surface area contributed by atoms with Crippen molar-refractivity contribution < 1.29 is 9.53 Å². The van der Waals surface area contributed by atoms with Crippen LogP contribution in [0.5, 0.6) is 5.75 Å². The topological polar surface area (TPSA) is 38.3 Å². The number of benzene rings is 3. The smallest absolute Gasteiger partial charge is 0.262 e. The number of amides is 1. The van der Waals surface area contributed by atoms with Crippen LogP contribution >= 0.6 is 0 Å². The lowest BCUT2D eigenvalue weighted by atomic mass is 10.1. The standard InChI is InChI=1S/C20H19NO2/c1-14-7-5-12-19(15(14)2)23-13-20(22)21-18-11-6-9-16-8-3-4-10-17(16)18/h3-12H,13H2,1-2H3,(H,21,22). The molecule has 0 bridgehead atoms. The lowest BCUT2D eigenvalue weighted by Gasteiger charge is -2.12. The van der Waals surface area contributed by atoms with E-state index in [-0.39, 0.29) is 12.5 Å². The number of hydrogen-bond donors (Lipinski definition) is 1. The van der Waals surface area contributed by atoms with Crippen molar-refractivity contribution in [2.45, 2.75) is 13.8 Å². The SMILES string of the molecule is Cc1cccc(OCC(=O)Nc2cccc3ccccc23)c1C. The molecule has 0 aliphatic carbocycles. The van der Waals surface area contributed by atoms with Crippen molar-refractivity contribution in [3.63, 3.8) is 0 Å². The van der Waals surface area contributed by atoms with Gasteiger partial charge in [-0.3, -0.25) is 4.79 Å². The first-order valence-corrected chi connectivity index (χ1v) is 7.62. The van der Waals surface area contributed by atoms with Gasteiger partial charge in [-0.05, 0) is 42.5 Å². The third-order valence-electron chi connectivity index (χ3n) is 3.98. The lowest BCUT2D eigenvalue weighted by Crippen LogP contribution is -2.20. The number of aryl methyl sites for hydroxylation is 1. The first-order valence-electron chi connectivity index (χ1n) is 7.62. The number of carbonyl (C=O) groups excluding carboxylic acids is 1. The highest BCUT2D eigenvalue weighted by Gasteiger charge is 2.08. The van der Waals surface area contributed by atoms with Crippen LogP contribution in [0.1, 0.15) is 11.1 Å². The first kappa shape index (κ1) is 15.1. The molecular weight excluding hydrogens is 286 g/mol. The molecule has 1 N–H and O–H groups in total. The van der Waals surface area contributed by atoms with Crippen molar-refractivity contribution >= 4 is 22.4 Å². The van der Waals surface area contributed by atoms with Gasteiger partial charge in [-0.2, -0.15) is 0 Å².